The second-order valence-electron chi connectivity index (χ2n) is 5.61. The van der Waals surface area contributed by atoms with E-state index in [1.807, 2.05) is 0 Å². The van der Waals surface area contributed by atoms with Gasteiger partial charge in [0.05, 0.1) is 6.20 Å². The first-order valence-corrected chi connectivity index (χ1v) is 8.50. The average molecular weight is 299 g/mol. The maximum Gasteiger partial charge on any atom is 0.246 e. The number of H-pyrrole nitrogens is 1. The van der Waals surface area contributed by atoms with E-state index in [9.17, 15) is 8.42 Å². The average Bonchev–Trinajstić information content (AvgIpc) is 3.12. The molecular formula is C12H21N5O2S. The van der Waals surface area contributed by atoms with Crippen molar-refractivity contribution in [2.75, 3.05) is 26.2 Å². The summed E-state index contributed by atoms with van der Waals surface area (Å²) in [4.78, 5) is 2.63. The van der Waals surface area contributed by atoms with Gasteiger partial charge in [-0.2, -0.15) is 9.40 Å². The fourth-order valence-corrected chi connectivity index (χ4v) is 4.44. The van der Waals surface area contributed by atoms with Crippen molar-refractivity contribution >= 4 is 10.0 Å². The molecule has 1 aromatic heterocycles. The van der Waals surface area contributed by atoms with Crippen molar-refractivity contribution in [3.63, 3.8) is 0 Å². The lowest BCUT2D eigenvalue weighted by Gasteiger charge is -2.34. The number of hydrogen-bond acceptors (Lipinski definition) is 5. The number of rotatable bonds is 3. The van der Waals surface area contributed by atoms with Crippen LogP contribution < -0.4 is 5.73 Å². The Hall–Kier alpha value is -0.960. The van der Waals surface area contributed by atoms with Crippen molar-refractivity contribution < 1.29 is 8.42 Å². The van der Waals surface area contributed by atoms with E-state index < -0.39 is 10.0 Å². The number of aromatic amines is 1. The fraction of sp³-hybridized carbons (Fsp3) is 0.750. The molecule has 2 aliphatic heterocycles. The maximum absolute atomic E-state index is 12.4. The summed E-state index contributed by atoms with van der Waals surface area (Å²) in [5.74, 6) is 0. The predicted molar refractivity (Wildman–Crippen MR) is 74.5 cm³/mol. The van der Waals surface area contributed by atoms with Crippen LogP contribution in [0.15, 0.2) is 17.3 Å². The molecule has 3 heterocycles. The Morgan fingerprint density at radius 1 is 1.25 bits per heavy atom. The van der Waals surface area contributed by atoms with Crippen molar-refractivity contribution in [3.8, 4) is 0 Å². The van der Waals surface area contributed by atoms with Crippen molar-refractivity contribution in [3.05, 3.63) is 12.4 Å². The molecular weight excluding hydrogens is 278 g/mol. The van der Waals surface area contributed by atoms with E-state index in [0.29, 0.717) is 25.2 Å². The van der Waals surface area contributed by atoms with Gasteiger partial charge in [0.1, 0.15) is 4.90 Å². The van der Waals surface area contributed by atoms with Gasteiger partial charge in [0.25, 0.3) is 0 Å². The minimum absolute atomic E-state index is 0.249. The highest BCUT2D eigenvalue weighted by molar-refractivity contribution is 7.89. The Kier molecular flexibility index (Phi) is 3.80. The molecule has 20 heavy (non-hydrogen) atoms. The second-order valence-corrected chi connectivity index (χ2v) is 7.55. The molecule has 0 spiro atoms. The normalized spacial score (nSPS) is 27.1. The van der Waals surface area contributed by atoms with Gasteiger partial charge in [-0.15, -0.1) is 0 Å². The summed E-state index contributed by atoms with van der Waals surface area (Å²) in [6.45, 7) is 3.11. The third kappa shape index (κ3) is 2.60. The Morgan fingerprint density at radius 2 is 2.00 bits per heavy atom. The summed E-state index contributed by atoms with van der Waals surface area (Å²) in [7, 11) is -3.39. The number of nitrogens with one attached hydrogen (secondary N) is 1. The van der Waals surface area contributed by atoms with Crippen LogP contribution >= 0.6 is 0 Å². The van der Waals surface area contributed by atoms with Gasteiger partial charge < -0.3 is 5.73 Å². The van der Waals surface area contributed by atoms with Crippen LogP contribution in [0.25, 0.3) is 0 Å². The summed E-state index contributed by atoms with van der Waals surface area (Å²) < 4.78 is 26.4. The SMILES string of the molecule is NC1CCN(C2CCN(S(=O)(=O)c3cn[nH]c3)C2)CC1. The molecule has 0 saturated carbocycles. The van der Waals surface area contributed by atoms with E-state index in [4.69, 9.17) is 5.73 Å². The third-order valence-corrected chi connectivity index (χ3v) is 6.16. The van der Waals surface area contributed by atoms with Crippen molar-refractivity contribution in [2.45, 2.75) is 36.2 Å². The standard InChI is InChI=1S/C12H21N5O2S/c13-10-1-4-16(5-2-10)11-3-6-17(9-11)20(18,19)12-7-14-15-8-12/h7-8,10-11H,1-6,9,13H2,(H,14,15). The maximum atomic E-state index is 12.4. The number of nitrogens with two attached hydrogens (primary N) is 1. The van der Waals surface area contributed by atoms with E-state index in [1.165, 1.54) is 12.4 Å². The number of piperidine rings is 1. The molecule has 2 fully saturated rings. The number of nitrogens with zero attached hydrogens (tertiary/aromatic N) is 3. The van der Waals surface area contributed by atoms with Crippen LogP contribution in [0.4, 0.5) is 0 Å². The fourth-order valence-electron chi connectivity index (χ4n) is 3.04. The molecule has 0 bridgehead atoms. The zero-order valence-electron chi connectivity index (χ0n) is 11.4. The van der Waals surface area contributed by atoms with Gasteiger partial charge in [0.15, 0.2) is 0 Å². The topological polar surface area (TPSA) is 95.3 Å². The smallest absolute Gasteiger partial charge is 0.246 e. The monoisotopic (exact) mass is 299 g/mol. The van der Waals surface area contributed by atoms with Crippen LogP contribution in [0.5, 0.6) is 0 Å². The van der Waals surface area contributed by atoms with Crippen LogP contribution in [0.2, 0.25) is 0 Å². The lowest BCUT2D eigenvalue weighted by molar-refractivity contribution is 0.159. The Morgan fingerprint density at radius 3 is 2.65 bits per heavy atom. The molecule has 0 aliphatic carbocycles. The first-order valence-electron chi connectivity index (χ1n) is 7.06. The summed E-state index contributed by atoms with van der Waals surface area (Å²) in [6, 6.07) is 0.627. The molecule has 1 unspecified atom stereocenters. The van der Waals surface area contributed by atoms with Crippen molar-refractivity contribution in [1.82, 2.24) is 19.4 Å². The van der Waals surface area contributed by atoms with Gasteiger partial charge in [0, 0.05) is 31.4 Å². The number of sulfonamides is 1. The molecule has 3 rings (SSSR count). The number of aromatic nitrogens is 2. The first kappa shape index (κ1) is 14.0. The molecule has 8 heteroatoms. The van der Waals surface area contributed by atoms with Crippen LogP contribution in [-0.4, -0.2) is 66.1 Å². The Bertz CT molecular complexity index is 536. The minimum Gasteiger partial charge on any atom is -0.328 e. The number of likely N-dealkylation sites (tertiary alicyclic amines) is 1. The Balaban J connectivity index is 1.65. The zero-order valence-corrected chi connectivity index (χ0v) is 12.2. The summed E-state index contributed by atoms with van der Waals surface area (Å²) >= 11 is 0. The van der Waals surface area contributed by atoms with Gasteiger partial charge in [-0.25, -0.2) is 8.42 Å². The van der Waals surface area contributed by atoms with Crippen LogP contribution in [-0.2, 0) is 10.0 Å². The predicted octanol–water partition coefficient (Wildman–Crippen LogP) is -0.404. The van der Waals surface area contributed by atoms with Crippen molar-refractivity contribution in [1.29, 1.82) is 0 Å². The molecule has 2 saturated heterocycles. The van der Waals surface area contributed by atoms with E-state index in [-0.39, 0.29) is 4.90 Å². The largest absolute Gasteiger partial charge is 0.328 e. The van der Waals surface area contributed by atoms with Gasteiger partial charge >= 0.3 is 0 Å². The highest BCUT2D eigenvalue weighted by atomic mass is 32.2. The summed E-state index contributed by atoms with van der Waals surface area (Å²) in [5.41, 5.74) is 5.91. The minimum atomic E-state index is -3.39. The second kappa shape index (κ2) is 5.44. The molecule has 0 radical (unpaired) electrons. The molecule has 2 aliphatic rings. The molecule has 3 N–H and O–H groups in total. The highest BCUT2D eigenvalue weighted by Crippen LogP contribution is 2.24. The van der Waals surface area contributed by atoms with E-state index in [0.717, 1.165) is 32.4 Å². The zero-order chi connectivity index (χ0) is 14.2. The van der Waals surface area contributed by atoms with Crippen LogP contribution in [0, 0.1) is 0 Å². The number of hydrogen-bond donors (Lipinski definition) is 2. The van der Waals surface area contributed by atoms with Gasteiger partial charge in [0.2, 0.25) is 10.0 Å². The first-order chi connectivity index (χ1) is 9.57. The molecule has 1 atom stereocenters. The van der Waals surface area contributed by atoms with E-state index >= 15 is 0 Å². The van der Waals surface area contributed by atoms with E-state index in [1.54, 1.807) is 4.31 Å². The highest BCUT2D eigenvalue weighted by Gasteiger charge is 2.36. The molecule has 0 amide bonds. The summed E-state index contributed by atoms with van der Waals surface area (Å²) in [6.07, 6.45) is 5.70. The molecule has 1 aromatic rings. The molecule has 112 valence electrons. The van der Waals surface area contributed by atoms with Gasteiger partial charge in [-0.3, -0.25) is 10.00 Å². The van der Waals surface area contributed by atoms with Gasteiger partial charge in [-0.05, 0) is 32.4 Å². The van der Waals surface area contributed by atoms with Crippen LogP contribution in [0.3, 0.4) is 0 Å². The molecule has 0 aromatic carbocycles. The lowest BCUT2D eigenvalue weighted by atomic mass is 10.0. The van der Waals surface area contributed by atoms with Crippen LogP contribution in [0.1, 0.15) is 19.3 Å². The third-order valence-electron chi connectivity index (χ3n) is 4.33. The Labute approximate surface area is 119 Å². The molecule has 7 nitrogen and oxygen atoms in total. The van der Waals surface area contributed by atoms with Crippen molar-refractivity contribution in [2.24, 2.45) is 5.73 Å². The lowest BCUT2D eigenvalue weighted by Crippen LogP contribution is -2.46. The van der Waals surface area contributed by atoms with Gasteiger partial charge in [-0.1, -0.05) is 0 Å². The summed E-state index contributed by atoms with van der Waals surface area (Å²) in [5, 5.41) is 6.28. The van der Waals surface area contributed by atoms with E-state index in [2.05, 4.69) is 15.1 Å². The quantitative estimate of drug-likeness (QED) is 0.791.